The lowest BCUT2D eigenvalue weighted by molar-refractivity contribution is 0.418. The van der Waals surface area contributed by atoms with Crippen molar-refractivity contribution in [1.29, 1.82) is 5.26 Å². The van der Waals surface area contributed by atoms with Crippen LogP contribution in [0.2, 0.25) is 0 Å². The summed E-state index contributed by atoms with van der Waals surface area (Å²) in [5, 5.41) is 18.2. The smallest absolute Gasteiger partial charge is 0.166 e. The Labute approximate surface area is 106 Å². The minimum Gasteiger partial charge on any atom is -0.505 e. The van der Waals surface area contributed by atoms with E-state index in [0.717, 1.165) is 6.07 Å². The van der Waals surface area contributed by atoms with Crippen LogP contribution >= 0.6 is 12.4 Å². The van der Waals surface area contributed by atoms with Crippen LogP contribution in [0.1, 0.15) is 30.0 Å². The van der Waals surface area contributed by atoms with Crippen molar-refractivity contribution in [2.75, 3.05) is 0 Å². The molecule has 0 unspecified atom stereocenters. The summed E-state index contributed by atoms with van der Waals surface area (Å²) in [6.45, 7) is 3.56. The predicted octanol–water partition coefficient (Wildman–Crippen LogP) is 2.79. The fourth-order valence-electron chi connectivity index (χ4n) is 1.42. The topological polar surface area (TPSA) is 70.0 Å². The number of nitrogens with zero attached hydrogens (tertiary/aromatic N) is 1. The van der Waals surface area contributed by atoms with Gasteiger partial charge in [-0.25, -0.2) is 4.39 Å². The zero-order valence-electron chi connectivity index (χ0n) is 9.19. The van der Waals surface area contributed by atoms with Crippen LogP contribution in [0, 0.1) is 17.1 Å². The second-order valence-corrected chi connectivity index (χ2v) is 3.48. The highest BCUT2D eigenvalue weighted by Crippen LogP contribution is 2.29. The first-order chi connectivity index (χ1) is 7.60. The molecule has 1 rings (SSSR count). The summed E-state index contributed by atoms with van der Waals surface area (Å²) < 4.78 is 13.2. The Balaban J connectivity index is 0.00000256. The zero-order valence-corrected chi connectivity index (χ0v) is 10.0. The summed E-state index contributed by atoms with van der Waals surface area (Å²) in [6.07, 6.45) is 2.91. The van der Waals surface area contributed by atoms with E-state index in [1.54, 1.807) is 6.08 Å². The molecule has 0 aromatic heterocycles. The summed E-state index contributed by atoms with van der Waals surface area (Å²) in [4.78, 5) is 0. The summed E-state index contributed by atoms with van der Waals surface area (Å²) in [7, 11) is 0. The number of nitrogens with two attached hydrogens (primary N) is 1. The molecule has 1 aromatic rings. The molecule has 3 nitrogen and oxygen atoms in total. The third-order valence-electron chi connectivity index (χ3n) is 2.30. The molecule has 0 saturated heterocycles. The van der Waals surface area contributed by atoms with Crippen LogP contribution in [0.5, 0.6) is 5.75 Å². The van der Waals surface area contributed by atoms with E-state index in [1.165, 1.54) is 6.07 Å². The average molecular weight is 257 g/mol. The molecule has 0 spiro atoms. The van der Waals surface area contributed by atoms with Gasteiger partial charge in [0.05, 0.1) is 11.6 Å². The molecule has 0 radical (unpaired) electrons. The van der Waals surface area contributed by atoms with Gasteiger partial charge in [-0.3, -0.25) is 0 Å². The molecule has 0 aliphatic rings. The SMILES string of the molecule is C=CCC[C@H](N)c1cc(C#N)cc(F)c1O.Cl. The second kappa shape index (κ2) is 6.89. The van der Waals surface area contributed by atoms with Crippen LogP contribution in [-0.4, -0.2) is 5.11 Å². The Bertz CT molecular complexity index is 443. The van der Waals surface area contributed by atoms with Gasteiger partial charge in [0.2, 0.25) is 0 Å². The Kier molecular flexibility index (Phi) is 6.26. The molecule has 92 valence electrons. The highest BCUT2D eigenvalue weighted by Gasteiger charge is 2.15. The third-order valence-corrected chi connectivity index (χ3v) is 2.30. The maximum atomic E-state index is 13.2. The lowest BCUT2D eigenvalue weighted by Gasteiger charge is -2.13. The minimum atomic E-state index is -0.817. The molecule has 17 heavy (non-hydrogen) atoms. The van der Waals surface area contributed by atoms with Gasteiger partial charge in [0.15, 0.2) is 11.6 Å². The number of phenolic OH excluding ortho intramolecular Hbond substituents is 1. The predicted molar refractivity (Wildman–Crippen MR) is 66.4 cm³/mol. The van der Waals surface area contributed by atoms with Crippen molar-refractivity contribution < 1.29 is 9.50 Å². The Morgan fingerprint density at radius 1 is 1.59 bits per heavy atom. The normalized spacial score (nSPS) is 11.1. The maximum Gasteiger partial charge on any atom is 0.166 e. The molecule has 0 amide bonds. The molecule has 0 aliphatic carbocycles. The highest BCUT2D eigenvalue weighted by atomic mass is 35.5. The number of hydrogen-bond donors (Lipinski definition) is 2. The van der Waals surface area contributed by atoms with E-state index in [9.17, 15) is 9.50 Å². The molecular weight excluding hydrogens is 243 g/mol. The van der Waals surface area contributed by atoms with E-state index >= 15 is 0 Å². The van der Waals surface area contributed by atoms with Gasteiger partial charge in [-0.2, -0.15) is 5.26 Å². The van der Waals surface area contributed by atoms with E-state index < -0.39 is 17.6 Å². The molecule has 5 heteroatoms. The average Bonchev–Trinajstić information content (AvgIpc) is 2.29. The van der Waals surface area contributed by atoms with Crippen LogP contribution in [0.3, 0.4) is 0 Å². The van der Waals surface area contributed by atoms with Crippen molar-refractivity contribution in [3.05, 3.63) is 41.7 Å². The first kappa shape index (κ1) is 15.4. The molecule has 0 aliphatic heterocycles. The summed E-state index contributed by atoms with van der Waals surface area (Å²) in [6, 6.07) is 3.71. The van der Waals surface area contributed by atoms with Crippen molar-refractivity contribution in [1.82, 2.24) is 0 Å². The standard InChI is InChI=1S/C12H13FN2O.ClH/c1-2-3-4-11(15)9-5-8(7-14)6-10(13)12(9)16;/h2,5-6,11,16H,1,3-4,15H2;1H/t11-;/m0./s1. The number of rotatable bonds is 4. The zero-order chi connectivity index (χ0) is 12.1. The van der Waals surface area contributed by atoms with E-state index in [2.05, 4.69) is 6.58 Å². The Morgan fingerprint density at radius 3 is 2.76 bits per heavy atom. The first-order valence-corrected chi connectivity index (χ1v) is 4.89. The van der Waals surface area contributed by atoms with Crippen LogP contribution in [0.4, 0.5) is 4.39 Å². The van der Waals surface area contributed by atoms with Crippen LogP contribution < -0.4 is 5.73 Å². The molecule has 1 atom stereocenters. The molecule has 3 N–H and O–H groups in total. The number of nitriles is 1. The highest BCUT2D eigenvalue weighted by molar-refractivity contribution is 5.85. The largest absolute Gasteiger partial charge is 0.505 e. The van der Waals surface area contributed by atoms with Crippen molar-refractivity contribution >= 4 is 12.4 Å². The molecule has 0 saturated carbocycles. The lowest BCUT2D eigenvalue weighted by atomic mass is 9.99. The van der Waals surface area contributed by atoms with Crippen molar-refractivity contribution in [3.63, 3.8) is 0 Å². The second-order valence-electron chi connectivity index (χ2n) is 3.48. The first-order valence-electron chi connectivity index (χ1n) is 4.89. The summed E-state index contributed by atoms with van der Waals surface area (Å²) >= 11 is 0. The Morgan fingerprint density at radius 2 is 2.24 bits per heavy atom. The monoisotopic (exact) mass is 256 g/mol. The van der Waals surface area contributed by atoms with Crippen LogP contribution in [-0.2, 0) is 0 Å². The molecule has 0 heterocycles. The van der Waals surface area contributed by atoms with Crippen molar-refractivity contribution in [2.45, 2.75) is 18.9 Å². The van der Waals surface area contributed by atoms with Crippen LogP contribution in [0.15, 0.2) is 24.8 Å². The fraction of sp³-hybridized carbons (Fsp3) is 0.250. The van der Waals surface area contributed by atoms with Crippen LogP contribution in [0.25, 0.3) is 0 Å². The van der Waals surface area contributed by atoms with Gasteiger partial charge >= 0.3 is 0 Å². The van der Waals surface area contributed by atoms with E-state index in [4.69, 9.17) is 11.0 Å². The van der Waals surface area contributed by atoms with Crippen molar-refractivity contribution in [2.24, 2.45) is 5.73 Å². The van der Waals surface area contributed by atoms with Gasteiger partial charge < -0.3 is 10.8 Å². The summed E-state index contributed by atoms with van der Waals surface area (Å²) in [5.41, 5.74) is 6.21. The van der Waals surface area contributed by atoms with E-state index in [0.29, 0.717) is 12.8 Å². The number of hydrogen-bond acceptors (Lipinski definition) is 3. The number of allylic oxidation sites excluding steroid dienone is 1. The quantitative estimate of drug-likeness (QED) is 0.814. The van der Waals surface area contributed by atoms with Gasteiger partial charge in [0.25, 0.3) is 0 Å². The number of aromatic hydroxyl groups is 1. The van der Waals surface area contributed by atoms with Gasteiger partial charge in [0, 0.05) is 11.6 Å². The van der Waals surface area contributed by atoms with E-state index in [1.807, 2.05) is 6.07 Å². The van der Waals surface area contributed by atoms with Gasteiger partial charge in [-0.05, 0) is 25.0 Å². The fourth-order valence-corrected chi connectivity index (χ4v) is 1.42. The Hall–Kier alpha value is -1.57. The molecule has 0 fully saturated rings. The number of benzene rings is 1. The minimum absolute atomic E-state index is 0. The van der Waals surface area contributed by atoms with E-state index in [-0.39, 0.29) is 23.5 Å². The lowest BCUT2D eigenvalue weighted by Crippen LogP contribution is -2.11. The number of halogens is 2. The van der Waals surface area contributed by atoms with Gasteiger partial charge in [-0.15, -0.1) is 19.0 Å². The van der Waals surface area contributed by atoms with Gasteiger partial charge in [-0.1, -0.05) is 6.08 Å². The number of phenols is 1. The molecule has 0 bridgehead atoms. The van der Waals surface area contributed by atoms with Crippen molar-refractivity contribution in [3.8, 4) is 11.8 Å². The molecule has 1 aromatic carbocycles. The molecular formula is C12H14ClFN2O. The maximum absolute atomic E-state index is 13.2. The third kappa shape index (κ3) is 3.74. The van der Waals surface area contributed by atoms with Gasteiger partial charge in [0.1, 0.15) is 0 Å². The summed E-state index contributed by atoms with van der Waals surface area (Å²) in [5.74, 6) is -1.29.